The van der Waals surface area contributed by atoms with Crippen molar-refractivity contribution in [1.82, 2.24) is 14.5 Å². The molecule has 3 heterocycles. The molecule has 226 valence electrons. The van der Waals surface area contributed by atoms with Crippen LogP contribution in [0.2, 0.25) is 0 Å². The van der Waals surface area contributed by atoms with Crippen molar-refractivity contribution in [1.29, 1.82) is 0 Å². The molecule has 0 amide bonds. The van der Waals surface area contributed by atoms with Gasteiger partial charge in [-0.3, -0.25) is 0 Å². The van der Waals surface area contributed by atoms with Gasteiger partial charge in [0.1, 0.15) is 0 Å². The Kier molecular flexibility index (Phi) is 5.97. The smallest absolute Gasteiger partial charge is 0.159 e. The second-order valence-corrected chi connectivity index (χ2v) is 12.6. The Balaban J connectivity index is 0.973. The Bertz CT molecular complexity index is 2520. The summed E-state index contributed by atoms with van der Waals surface area (Å²) in [5, 5.41) is 3.56. The van der Waals surface area contributed by atoms with E-state index in [4.69, 9.17) is 9.97 Å². The maximum atomic E-state index is 5.03. The molecule has 0 fully saturated rings. The third-order valence-corrected chi connectivity index (χ3v) is 10.0. The van der Waals surface area contributed by atoms with Crippen LogP contribution in [-0.4, -0.2) is 20.6 Å². The van der Waals surface area contributed by atoms with Crippen LogP contribution in [0.5, 0.6) is 0 Å². The van der Waals surface area contributed by atoms with E-state index >= 15 is 0 Å². The molecule has 2 aliphatic rings. The highest BCUT2D eigenvalue weighted by molar-refractivity contribution is 6.09. The van der Waals surface area contributed by atoms with E-state index < -0.39 is 0 Å². The molecular formula is C44H30N4. The van der Waals surface area contributed by atoms with E-state index in [1.54, 1.807) is 0 Å². The minimum atomic E-state index is 0.290. The normalized spacial score (nSPS) is 16.5. The Hall–Kier alpha value is -6.26. The number of benzene rings is 6. The number of allylic oxidation sites excluding steroid dienone is 2. The summed E-state index contributed by atoms with van der Waals surface area (Å²) in [6.45, 7) is 0. The third kappa shape index (κ3) is 4.09. The lowest BCUT2D eigenvalue weighted by molar-refractivity contribution is 0.745. The summed E-state index contributed by atoms with van der Waals surface area (Å²) in [4.78, 5) is 12.4. The summed E-state index contributed by atoms with van der Waals surface area (Å²) in [7, 11) is 0. The molecule has 0 saturated heterocycles. The van der Waals surface area contributed by atoms with E-state index in [0.29, 0.717) is 12.0 Å². The van der Waals surface area contributed by atoms with Gasteiger partial charge in [0.15, 0.2) is 5.82 Å². The number of hydrogen-bond donors (Lipinski definition) is 0. The summed E-state index contributed by atoms with van der Waals surface area (Å²) >= 11 is 0. The molecule has 0 spiro atoms. The number of rotatable bonds is 4. The van der Waals surface area contributed by atoms with Gasteiger partial charge in [-0.25, -0.2) is 9.97 Å². The molecular weight excluding hydrogens is 585 g/mol. The van der Waals surface area contributed by atoms with Crippen molar-refractivity contribution in [3.05, 3.63) is 176 Å². The van der Waals surface area contributed by atoms with Crippen molar-refractivity contribution in [3.63, 3.8) is 0 Å². The molecule has 4 nitrogen and oxygen atoms in total. The van der Waals surface area contributed by atoms with E-state index in [1.807, 2.05) is 6.20 Å². The zero-order chi connectivity index (χ0) is 31.6. The summed E-state index contributed by atoms with van der Waals surface area (Å²) in [6.07, 6.45) is 10.9. The summed E-state index contributed by atoms with van der Waals surface area (Å²) in [5.41, 5.74) is 11.6. The molecule has 0 radical (unpaired) electrons. The fourth-order valence-corrected chi connectivity index (χ4v) is 7.80. The lowest BCUT2D eigenvalue weighted by atomic mass is 9.91. The molecule has 0 saturated carbocycles. The van der Waals surface area contributed by atoms with Crippen LogP contribution in [0.15, 0.2) is 170 Å². The Morgan fingerprint density at radius 3 is 1.98 bits per heavy atom. The van der Waals surface area contributed by atoms with Gasteiger partial charge in [0.05, 0.1) is 22.6 Å². The molecule has 48 heavy (non-hydrogen) atoms. The van der Waals surface area contributed by atoms with Gasteiger partial charge in [-0.1, -0.05) is 103 Å². The summed E-state index contributed by atoms with van der Waals surface area (Å²) in [6, 6.07) is 50.1. The number of anilines is 2. The molecule has 10 rings (SSSR count). The molecule has 2 aromatic heterocycles. The molecule has 4 heteroatoms. The Labute approximate surface area is 278 Å². The molecule has 2 atom stereocenters. The van der Waals surface area contributed by atoms with E-state index in [2.05, 4.69) is 173 Å². The first-order chi connectivity index (χ1) is 23.8. The van der Waals surface area contributed by atoms with Crippen molar-refractivity contribution < 1.29 is 0 Å². The molecule has 1 aliphatic heterocycles. The van der Waals surface area contributed by atoms with Gasteiger partial charge in [-0.2, -0.15) is 0 Å². The van der Waals surface area contributed by atoms with Crippen molar-refractivity contribution in [3.8, 4) is 28.2 Å². The zero-order valence-electron chi connectivity index (χ0n) is 26.1. The zero-order valence-corrected chi connectivity index (χ0v) is 26.1. The minimum Gasteiger partial charge on any atom is -0.333 e. The first kappa shape index (κ1) is 26.9. The van der Waals surface area contributed by atoms with E-state index in [0.717, 1.165) is 39.1 Å². The van der Waals surface area contributed by atoms with Crippen molar-refractivity contribution >= 4 is 44.1 Å². The monoisotopic (exact) mass is 614 g/mol. The Morgan fingerprint density at radius 1 is 0.521 bits per heavy atom. The van der Waals surface area contributed by atoms with Crippen LogP contribution < -0.4 is 4.90 Å². The number of para-hydroxylation sites is 3. The van der Waals surface area contributed by atoms with Gasteiger partial charge in [-0.05, 0) is 77.4 Å². The largest absolute Gasteiger partial charge is 0.333 e. The molecule has 0 N–H and O–H groups in total. The highest BCUT2D eigenvalue weighted by Crippen LogP contribution is 2.47. The van der Waals surface area contributed by atoms with Gasteiger partial charge in [0.2, 0.25) is 0 Å². The van der Waals surface area contributed by atoms with Crippen molar-refractivity contribution in [2.75, 3.05) is 4.90 Å². The Morgan fingerprint density at radius 2 is 1.19 bits per heavy atom. The van der Waals surface area contributed by atoms with Crippen LogP contribution in [0.25, 0.3) is 60.9 Å². The molecule has 2 unspecified atom stereocenters. The number of aromatic nitrogens is 3. The van der Waals surface area contributed by atoms with Crippen LogP contribution in [-0.2, 0) is 0 Å². The van der Waals surface area contributed by atoms with Crippen LogP contribution in [0.4, 0.5) is 11.4 Å². The predicted octanol–water partition coefficient (Wildman–Crippen LogP) is 10.8. The fourth-order valence-electron chi connectivity index (χ4n) is 7.80. The first-order valence-electron chi connectivity index (χ1n) is 16.5. The van der Waals surface area contributed by atoms with Crippen LogP contribution in [0.1, 0.15) is 11.5 Å². The fraction of sp³-hybridized carbons (Fsp3) is 0.0455. The highest BCUT2D eigenvalue weighted by Gasteiger charge is 2.36. The average molecular weight is 615 g/mol. The molecule has 6 aromatic carbocycles. The number of nitrogens with zero attached hydrogens (tertiary/aromatic N) is 4. The van der Waals surface area contributed by atoms with Crippen LogP contribution in [0.3, 0.4) is 0 Å². The maximum Gasteiger partial charge on any atom is 0.159 e. The van der Waals surface area contributed by atoms with Gasteiger partial charge in [0.25, 0.3) is 0 Å². The van der Waals surface area contributed by atoms with Crippen molar-refractivity contribution in [2.24, 2.45) is 0 Å². The van der Waals surface area contributed by atoms with Gasteiger partial charge in [-0.15, -0.1) is 0 Å². The van der Waals surface area contributed by atoms with E-state index in [-0.39, 0.29) is 0 Å². The second kappa shape index (κ2) is 10.6. The second-order valence-electron chi connectivity index (χ2n) is 12.6. The average Bonchev–Trinajstić information content (AvgIpc) is 3.68. The topological polar surface area (TPSA) is 34.0 Å². The number of fused-ring (bicyclic) bond motifs is 7. The van der Waals surface area contributed by atoms with E-state index in [9.17, 15) is 0 Å². The quantitative estimate of drug-likeness (QED) is 0.198. The van der Waals surface area contributed by atoms with E-state index in [1.165, 1.54) is 38.7 Å². The molecule has 8 aromatic rings. The highest BCUT2D eigenvalue weighted by atomic mass is 15.2. The lowest BCUT2D eigenvalue weighted by Crippen LogP contribution is -2.28. The standard InChI is InChI=1S/C44H30N4/c1-5-16-40-34(10-1)35-11-2-6-17-41(35)47(40)31-24-20-29(21-25-31)33-14-9-15-39-38(33)28-45-44(46-39)30-22-26-32(27-23-30)48-42-18-7-3-12-36(42)37-13-4-8-19-43(37)48/h1-28,34,40H. The first-order valence-corrected chi connectivity index (χ1v) is 16.5. The summed E-state index contributed by atoms with van der Waals surface area (Å²) in [5.74, 6) is 1.10. The van der Waals surface area contributed by atoms with Crippen LogP contribution in [0, 0.1) is 0 Å². The SMILES string of the molecule is C1=CC2c3ccccc3N(c3ccc(-c4cccc5nc(-c6ccc(-n7c8ccccc8c8ccccc87)cc6)ncc45)cc3)C2C=C1. The van der Waals surface area contributed by atoms with Gasteiger partial charge >= 0.3 is 0 Å². The van der Waals surface area contributed by atoms with Gasteiger partial charge < -0.3 is 9.47 Å². The van der Waals surface area contributed by atoms with Crippen LogP contribution >= 0.6 is 0 Å². The predicted molar refractivity (Wildman–Crippen MR) is 198 cm³/mol. The molecule has 0 bridgehead atoms. The van der Waals surface area contributed by atoms with Gasteiger partial charge in [0, 0.05) is 50.9 Å². The minimum absolute atomic E-state index is 0.290. The maximum absolute atomic E-state index is 5.03. The summed E-state index contributed by atoms with van der Waals surface area (Å²) < 4.78 is 2.33. The lowest BCUT2D eigenvalue weighted by Gasteiger charge is -2.28. The third-order valence-electron chi connectivity index (χ3n) is 10.0. The molecule has 1 aliphatic carbocycles. The van der Waals surface area contributed by atoms with Crippen molar-refractivity contribution in [2.45, 2.75) is 12.0 Å². The number of hydrogen-bond acceptors (Lipinski definition) is 3.